The number of carbonyl (C=O) groups excluding carboxylic acids is 4. The number of fused-ring (bicyclic) bond motifs is 3. The average molecular weight is 587 g/mol. The van der Waals surface area contributed by atoms with Crippen molar-refractivity contribution in [2.24, 2.45) is 0 Å². The minimum Gasteiger partial charge on any atom is -0.330 e. The van der Waals surface area contributed by atoms with Crippen LogP contribution in [0, 0.1) is 5.82 Å². The fraction of sp³-hybridized carbons (Fsp3) is 0.312. The molecule has 0 aliphatic carbocycles. The molecule has 1 N–H and O–H groups in total. The maximum absolute atomic E-state index is 15.3. The average Bonchev–Trinajstić information content (AvgIpc) is 3.30. The van der Waals surface area contributed by atoms with Crippen molar-refractivity contribution < 1.29 is 23.6 Å². The van der Waals surface area contributed by atoms with Gasteiger partial charge in [-0.15, -0.1) is 0 Å². The standard InChI is InChI=1S/C32H28ClFN4O4/c33-22-7-5-18(6-8-22)25-4-2-1-3-19(25)14-36-16-23-13-24(17-36)38(23)31(41)20-11-21-15-37(32(42)29(21)26(34)12-20)27-9-10-28(39)35-30(27)40/h1-8,11-12,23-24,27H,9-10,13-17H2,(H,35,39,40). The number of amides is 4. The number of hydrogen-bond donors (Lipinski definition) is 1. The Labute approximate surface area is 247 Å². The summed E-state index contributed by atoms with van der Waals surface area (Å²) < 4.78 is 15.3. The van der Waals surface area contributed by atoms with E-state index in [4.69, 9.17) is 11.6 Å². The van der Waals surface area contributed by atoms with Crippen molar-refractivity contribution in [1.82, 2.24) is 20.0 Å². The van der Waals surface area contributed by atoms with Crippen LogP contribution in [0.15, 0.2) is 60.7 Å². The van der Waals surface area contributed by atoms with Crippen LogP contribution in [0.1, 0.15) is 51.1 Å². The lowest BCUT2D eigenvalue weighted by atomic mass is 9.85. The second-order valence-electron chi connectivity index (χ2n) is 11.5. The van der Waals surface area contributed by atoms with Gasteiger partial charge in [-0.2, -0.15) is 0 Å². The Morgan fingerprint density at radius 3 is 2.48 bits per heavy atom. The van der Waals surface area contributed by atoms with Crippen LogP contribution in [0.5, 0.6) is 0 Å². The van der Waals surface area contributed by atoms with Gasteiger partial charge in [0.15, 0.2) is 0 Å². The van der Waals surface area contributed by atoms with Crippen LogP contribution in [0.3, 0.4) is 0 Å². The number of benzene rings is 3. The molecule has 5 aliphatic heterocycles. The van der Waals surface area contributed by atoms with Gasteiger partial charge in [0.05, 0.1) is 5.56 Å². The number of imide groups is 1. The zero-order valence-corrected chi connectivity index (χ0v) is 23.4. The summed E-state index contributed by atoms with van der Waals surface area (Å²) in [5.74, 6) is -2.54. The van der Waals surface area contributed by atoms with Crippen molar-refractivity contribution in [2.75, 3.05) is 13.1 Å². The molecule has 5 aliphatic rings. The molecule has 3 aromatic carbocycles. The molecule has 4 saturated heterocycles. The molecule has 10 heteroatoms. The van der Waals surface area contributed by atoms with E-state index in [1.807, 2.05) is 41.3 Å². The van der Waals surface area contributed by atoms with Crippen LogP contribution < -0.4 is 5.32 Å². The Morgan fingerprint density at radius 2 is 1.74 bits per heavy atom. The summed E-state index contributed by atoms with van der Waals surface area (Å²) in [6.07, 6.45) is 1.20. The third-order valence-corrected chi connectivity index (χ3v) is 9.14. The van der Waals surface area contributed by atoms with Crippen LogP contribution in [-0.2, 0) is 22.7 Å². The highest BCUT2D eigenvalue weighted by Gasteiger charge is 2.48. The van der Waals surface area contributed by atoms with Gasteiger partial charge in [0, 0.05) is 55.3 Å². The molecule has 4 fully saturated rings. The molecule has 0 spiro atoms. The Balaban J connectivity index is 1.05. The second-order valence-corrected chi connectivity index (χ2v) is 11.9. The summed E-state index contributed by atoms with van der Waals surface area (Å²) in [5.41, 5.74) is 3.94. The summed E-state index contributed by atoms with van der Waals surface area (Å²) in [6, 6.07) is 18.0. The normalized spacial score (nSPS) is 23.5. The highest BCUT2D eigenvalue weighted by atomic mass is 35.5. The van der Waals surface area contributed by atoms with Gasteiger partial charge in [-0.25, -0.2) is 4.39 Å². The molecule has 0 radical (unpaired) electrons. The van der Waals surface area contributed by atoms with Crippen molar-refractivity contribution in [1.29, 1.82) is 0 Å². The highest BCUT2D eigenvalue weighted by molar-refractivity contribution is 6.30. The maximum atomic E-state index is 15.3. The van der Waals surface area contributed by atoms with E-state index in [0.717, 1.165) is 30.2 Å². The van der Waals surface area contributed by atoms with Gasteiger partial charge in [-0.3, -0.25) is 29.4 Å². The molecule has 8 nitrogen and oxygen atoms in total. The van der Waals surface area contributed by atoms with Crippen LogP contribution in [-0.4, -0.2) is 69.5 Å². The third kappa shape index (κ3) is 4.57. The Kier molecular flexibility index (Phi) is 6.59. The molecule has 0 aromatic heterocycles. The quantitative estimate of drug-likeness (QED) is 0.457. The first-order valence-corrected chi connectivity index (χ1v) is 14.5. The number of nitrogens with one attached hydrogen (secondary N) is 1. The number of hydrogen-bond acceptors (Lipinski definition) is 5. The van der Waals surface area contributed by atoms with Crippen molar-refractivity contribution in [3.63, 3.8) is 0 Å². The largest absolute Gasteiger partial charge is 0.330 e. The number of piperidine rings is 2. The predicted octanol–water partition coefficient (Wildman–Crippen LogP) is 4.01. The first-order valence-electron chi connectivity index (χ1n) is 14.1. The first kappa shape index (κ1) is 26.8. The number of piperazine rings is 1. The van der Waals surface area contributed by atoms with E-state index in [2.05, 4.69) is 22.3 Å². The van der Waals surface area contributed by atoms with Gasteiger partial charge >= 0.3 is 0 Å². The second kappa shape index (κ2) is 10.3. The van der Waals surface area contributed by atoms with E-state index >= 15 is 4.39 Å². The Morgan fingerprint density at radius 1 is 1.00 bits per heavy atom. The molecule has 0 saturated carbocycles. The summed E-state index contributed by atoms with van der Waals surface area (Å²) in [5, 5.41) is 2.94. The molecule has 8 rings (SSSR count). The molecular weight excluding hydrogens is 559 g/mol. The lowest BCUT2D eigenvalue weighted by Gasteiger charge is -2.56. The number of rotatable bonds is 5. The van der Waals surface area contributed by atoms with Crippen LogP contribution in [0.25, 0.3) is 11.1 Å². The Bertz CT molecular complexity index is 1630. The van der Waals surface area contributed by atoms with Crippen molar-refractivity contribution in [2.45, 2.75) is 50.5 Å². The third-order valence-electron chi connectivity index (χ3n) is 8.89. The summed E-state index contributed by atoms with van der Waals surface area (Å²) >= 11 is 6.09. The van der Waals surface area contributed by atoms with E-state index in [0.29, 0.717) is 23.7 Å². The van der Waals surface area contributed by atoms with Crippen molar-refractivity contribution in [3.8, 4) is 11.1 Å². The van der Waals surface area contributed by atoms with Crippen LogP contribution in [0.4, 0.5) is 4.39 Å². The van der Waals surface area contributed by atoms with Gasteiger partial charge < -0.3 is 9.80 Å². The molecule has 4 amide bonds. The minimum absolute atomic E-state index is 0.0200. The molecule has 3 unspecified atom stereocenters. The SMILES string of the molecule is O=C1CCC(N2Cc3cc(C(=O)N4C5CC4CN(Cc4ccccc4-c4ccc(Cl)cc4)C5)cc(F)c3C2=O)C(=O)N1. The lowest BCUT2D eigenvalue weighted by molar-refractivity contribution is -0.136. The fourth-order valence-electron chi connectivity index (χ4n) is 6.90. The number of nitrogens with zero attached hydrogens (tertiary/aromatic N) is 3. The van der Waals surface area contributed by atoms with Gasteiger partial charge in [-0.05, 0) is 59.4 Å². The summed E-state index contributed by atoms with van der Waals surface area (Å²) in [7, 11) is 0. The first-order chi connectivity index (χ1) is 20.3. The van der Waals surface area contributed by atoms with E-state index in [-0.39, 0.29) is 54.4 Å². The van der Waals surface area contributed by atoms with Crippen LogP contribution >= 0.6 is 11.6 Å². The maximum Gasteiger partial charge on any atom is 0.258 e. The molecule has 214 valence electrons. The lowest BCUT2D eigenvalue weighted by Crippen LogP contribution is -2.69. The molecule has 2 bridgehead atoms. The molecule has 42 heavy (non-hydrogen) atoms. The fourth-order valence-corrected chi connectivity index (χ4v) is 7.02. The molecule has 5 heterocycles. The topological polar surface area (TPSA) is 90.0 Å². The smallest absolute Gasteiger partial charge is 0.258 e. The summed E-state index contributed by atoms with van der Waals surface area (Å²) in [6.45, 7) is 2.20. The van der Waals surface area contributed by atoms with E-state index in [1.165, 1.54) is 10.5 Å². The van der Waals surface area contributed by atoms with Gasteiger partial charge in [0.25, 0.3) is 11.8 Å². The molecule has 3 atom stereocenters. The predicted molar refractivity (Wildman–Crippen MR) is 153 cm³/mol. The monoisotopic (exact) mass is 586 g/mol. The van der Waals surface area contributed by atoms with E-state index in [1.54, 1.807) is 6.07 Å². The highest BCUT2D eigenvalue weighted by Crippen LogP contribution is 2.37. The zero-order chi connectivity index (χ0) is 29.1. The van der Waals surface area contributed by atoms with Gasteiger partial charge in [0.2, 0.25) is 11.8 Å². The molecule has 3 aromatic rings. The van der Waals surface area contributed by atoms with Gasteiger partial charge in [-0.1, -0.05) is 48.0 Å². The minimum atomic E-state index is -0.841. The number of carbonyl (C=O) groups is 4. The van der Waals surface area contributed by atoms with Crippen LogP contribution in [0.2, 0.25) is 5.02 Å². The summed E-state index contributed by atoms with van der Waals surface area (Å²) in [4.78, 5) is 56.0. The number of halogens is 2. The molecular formula is C32H28ClFN4O4. The van der Waals surface area contributed by atoms with E-state index in [9.17, 15) is 19.2 Å². The zero-order valence-electron chi connectivity index (χ0n) is 22.7. The van der Waals surface area contributed by atoms with Crippen molar-refractivity contribution >= 4 is 35.2 Å². The van der Waals surface area contributed by atoms with E-state index < -0.39 is 23.7 Å². The van der Waals surface area contributed by atoms with Gasteiger partial charge in [0.1, 0.15) is 11.9 Å². The Hall–Kier alpha value is -4.08. The van der Waals surface area contributed by atoms with Crippen molar-refractivity contribution in [3.05, 3.63) is 93.8 Å².